The van der Waals surface area contributed by atoms with Gasteiger partial charge >= 0.3 is 6.03 Å². The molecule has 9 heteroatoms. The average molecular weight is 339 g/mol. The van der Waals surface area contributed by atoms with Crippen LogP contribution in [0.4, 0.5) is 4.79 Å². The minimum atomic E-state index is -0.800. The Balaban J connectivity index is 1.46. The van der Waals surface area contributed by atoms with Gasteiger partial charge in [-0.3, -0.25) is 14.5 Å². The molecule has 24 heavy (non-hydrogen) atoms. The highest BCUT2D eigenvalue weighted by Gasteiger charge is 2.53. The molecule has 3 aliphatic rings. The van der Waals surface area contributed by atoms with Crippen molar-refractivity contribution >= 4 is 17.8 Å². The molecule has 0 aromatic heterocycles. The van der Waals surface area contributed by atoms with Gasteiger partial charge in [-0.2, -0.15) is 0 Å². The Morgan fingerprint density at radius 1 is 0.958 bits per heavy atom. The zero-order chi connectivity index (χ0) is 17.2. The molecular weight excluding hydrogens is 314 g/mol. The maximum atomic E-state index is 12.5. The van der Waals surface area contributed by atoms with Crippen LogP contribution in [-0.4, -0.2) is 97.1 Å². The lowest BCUT2D eigenvalue weighted by Gasteiger charge is -2.37. The number of nitrogens with two attached hydrogens (primary N) is 1. The highest BCUT2D eigenvalue weighted by Crippen LogP contribution is 2.37. The Bertz CT molecular complexity index is 508. The van der Waals surface area contributed by atoms with Crippen LogP contribution in [0.5, 0.6) is 0 Å². The quantitative estimate of drug-likeness (QED) is 0.628. The van der Waals surface area contributed by atoms with E-state index in [2.05, 4.69) is 10.2 Å². The first kappa shape index (κ1) is 17.0. The highest BCUT2D eigenvalue weighted by molar-refractivity contribution is 5.93. The molecule has 2 saturated heterocycles. The van der Waals surface area contributed by atoms with Crippen molar-refractivity contribution < 1.29 is 19.1 Å². The molecule has 0 aromatic carbocycles. The Morgan fingerprint density at radius 3 is 2.08 bits per heavy atom. The zero-order valence-electron chi connectivity index (χ0n) is 13.8. The summed E-state index contributed by atoms with van der Waals surface area (Å²) in [6.45, 7) is 5.37. The van der Waals surface area contributed by atoms with Crippen molar-refractivity contribution in [3.05, 3.63) is 0 Å². The first-order valence-corrected chi connectivity index (χ1v) is 8.45. The van der Waals surface area contributed by atoms with Gasteiger partial charge in [-0.1, -0.05) is 0 Å². The van der Waals surface area contributed by atoms with E-state index < -0.39 is 11.6 Å². The lowest BCUT2D eigenvalue weighted by Crippen LogP contribution is -2.58. The Labute approximate surface area is 141 Å². The third-order valence-corrected chi connectivity index (χ3v) is 4.90. The maximum absolute atomic E-state index is 12.5. The molecule has 1 saturated carbocycles. The van der Waals surface area contributed by atoms with E-state index in [1.807, 2.05) is 0 Å². The Morgan fingerprint density at radius 2 is 1.54 bits per heavy atom. The fourth-order valence-corrected chi connectivity index (χ4v) is 3.27. The van der Waals surface area contributed by atoms with E-state index in [0.717, 1.165) is 13.1 Å². The first-order chi connectivity index (χ1) is 11.5. The zero-order valence-corrected chi connectivity index (χ0v) is 13.8. The SMILES string of the molecule is NC(=O)NC1(C(=O)N2CCN(C(=O)CN3CCOCC3)CC2)CC1. The molecule has 3 fully saturated rings. The molecular formula is C15H25N5O4. The monoisotopic (exact) mass is 339 g/mol. The van der Waals surface area contributed by atoms with Crippen LogP contribution < -0.4 is 11.1 Å². The minimum absolute atomic E-state index is 0.0819. The molecule has 0 atom stereocenters. The van der Waals surface area contributed by atoms with Gasteiger partial charge in [-0.25, -0.2) is 4.79 Å². The van der Waals surface area contributed by atoms with Crippen LogP contribution in [0, 0.1) is 0 Å². The Kier molecular flexibility index (Phi) is 4.91. The van der Waals surface area contributed by atoms with E-state index >= 15 is 0 Å². The van der Waals surface area contributed by atoms with Gasteiger partial charge in [0.15, 0.2) is 0 Å². The van der Waals surface area contributed by atoms with Crippen LogP contribution in [0.2, 0.25) is 0 Å². The molecule has 3 N–H and O–H groups in total. The third-order valence-electron chi connectivity index (χ3n) is 4.90. The molecule has 0 aromatic rings. The lowest BCUT2D eigenvalue weighted by atomic mass is 10.2. The summed E-state index contributed by atoms with van der Waals surface area (Å²) in [6.07, 6.45) is 1.26. The summed E-state index contributed by atoms with van der Waals surface area (Å²) >= 11 is 0. The predicted molar refractivity (Wildman–Crippen MR) is 85.1 cm³/mol. The molecule has 0 spiro atoms. The van der Waals surface area contributed by atoms with Crippen molar-refractivity contribution in [1.29, 1.82) is 0 Å². The summed E-state index contributed by atoms with van der Waals surface area (Å²) in [5.41, 5.74) is 4.35. The van der Waals surface area contributed by atoms with Crippen molar-refractivity contribution in [2.45, 2.75) is 18.4 Å². The second-order valence-electron chi connectivity index (χ2n) is 6.63. The van der Waals surface area contributed by atoms with Crippen molar-refractivity contribution in [3.63, 3.8) is 0 Å². The number of ether oxygens (including phenoxy) is 1. The minimum Gasteiger partial charge on any atom is -0.379 e. The van der Waals surface area contributed by atoms with Gasteiger partial charge < -0.3 is 25.6 Å². The lowest BCUT2D eigenvalue weighted by molar-refractivity contribution is -0.142. The summed E-state index contributed by atoms with van der Waals surface area (Å²) in [4.78, 5) is 41.6. The van der Waals surface area contributed by atoms with E-state index in [1.54, 1.807) is 9.80 Å². The number of carbonyl (C=O) groups excluding carboxylic acids is 3. The van der Waals surface area contributed by atoms with Gasteiger partial charge in [0, 0.05) is 39.3 Å². The molecule has 2 heterocycles. The van der Waals surface area contributed by atoms with Gasteiger partial charge in [0.2, 0.25) is 11.8 Å². The number of piperazine rings is 1. The standard InChI is InChI=1S/C15H25N5O4/c16-14(23)17-15(1-2-15)13(22)20-5-3-19(4-6-20)12(21)11-18-7-9-24-10-8-18/h1-11H2,(H3,16,17,23). The number of urea groups is 1. The van der Waals surface area contributed by atoms with Crippen LogP contribution in [0.15, 0.2) is 0 Å². The van der Waals surface area contributed by atoms with E-state index in [9.17, 15) is 14.4 Å². The number of hydrogen-bond donors (Lipinski definition) is 2. The number of carbonyl (C=O) groups is 3. The summed E-state index contributed by atoms with van der Waals surface area (Å²) in [6, 6.07) is -0.667. The second kappa shape index (κ2) is 6.94. The van der Waals surface area contributed by atoms with Gasteiger partial charge in [-0.05, 0) is 12.8 Å². The number of morpholine rings is 1. The maximum Gasteiger partial charge on any atom is 0.313 e. The molecule has 0 bridgehead atoms. The topological polar surface area (TPSA) is 108 Å². The number of nitrogens with zero attached hydrogens (tertiary/aromatic N) is 3. The molecule has 134 valence electrons. The van der Waals surface area contributed by atoms with Crippen LogP contribution in [0.3, 0.4) is 0 Å². The molecule has 1 aliphatic carbocycles. The second-order valence-corrected chi connectivity index (χ2v) is 6.63. The fourth-order valence-electron chi connectivity index (χ4n) is 3.27. The van der Waals surface area contributed by atoms with Crippen molar-refractivity contribution in [1.82, 2.24) is 20.0 Å². The molecule has 4 amide bonds. The van der Waals surface area contributed by atoms with E-state index in [4.69, 9.17) is 10.5 Å². The summed E-state index contributed by atoms with van der Waals surface area (Å²) < 4.78 is 5.28. The van der Waals surface area contributed by atoms with Gasteiger partial charge in [-0.15, -0.1) is 0 Å². The van der Waals surface area contributed by atoms with E-state index in [-0.39, 0.29) is 11.8 Å². The fraction of sp³-hybridized carbons (Fsp3) is 0.800. The van der Waals surface area contributed by atoms with Crippen LogP contribution in [0.25, 0.3) is 0 Å². The molecule has 2 aliphatic heterocycles. The predicted octanol–water partition coefficient (Wildman–Crippen LogP) is -1.81. The molecule has 3 rings (SSSR count). The largest absolute Gasteiger partial charge is 0.379 e. The molecule has 9 nitrogen and oxygen atoms in total. The van der Waals surface area contributed by atoms with Crippen molar-refractivity contribution in [3.8, 4) is 0 Å². The first-order valence-electron chi connectivity index (χ1n) is 8.45. The molecule has 0 radical (unpaired) electrons. The van der Waals surface area contributed by atoms with Crippen molar-refractivity contribution in [2.24, 2.45) is 5.73 Å². The van der Waals surface area contributed by atoms with Crippen LogP contribution in [0.1, 0.15) is 12.8 Å². The number of hydrogen-bond acceptors (Lipinski definition) is 5. The van der Waals surface area contributed by atoms with Gasteiger partial charge in [0.05, 0.1) is 19.8 Å². The van der Waals surface area contributed by atoms with Crippen LogP contribution in [-0.2, 0) is 14.3 Å². The summed E-state index contributed by atoms with van der Waals surface area (Å²) in [5, 5.41) is 2.56. The van der Waals surface area contributed by atoms with Gasteiger partial charge in [0.25, 0.3) is 0 Å². The van der Waals surface area contributed by atoms with Crippen molar-refractivity contribution in [2.75, 3.05) is 59.0 Å². The van der Waals surface area contributed by atoms with E-state index in [0.29, 0.717) is 58.8 Å². The number of primary amides is 1. The molecule has 0 unspecified atom stereocenters. The van der Waals surface area contributed by atoms with Gasteiger partial charge in [0.1, 0.15) is 5.54 Å². The third kappa shape index (κ3) is 3.78. The average Bonchev–Trinajstić information content (AvgIpc) is 3.35. The smallest absolute Gasteiger partial charge is 0.313 e. The Hall–Kier alpha value is -1.87. The van der Waals surface area contributed by atoms with Crippen LogP contribution >= 0.6 is 0 Å². The summed E-state index contributed by atoms with van der Waals surface area (Å²) in [7, 11) is 0. The normalized spacial score (nSPS) is 23.7. The number of amides is 4. The summed E-state index contributed by atoms with van der Waals surface area (Å²) in [5.74, 6) is 0.0157. The highest BCUT2D eigenvalue weighted by atomic mass is 16.5. The number of rotatable bonds is 4. The number of nitrogens with one attached hydrogen (secondary N) is 1. The van der Waals surface area contributed by atoms with E-state index in [1.165, 1.54) is 0 Å².